The number of carbonyl (C=O) groups is 1. The van der Waals surface area contributed by atoms with Gasteiger partial charge in [0, 0.05) is 0 Å². The number of allylic oxidation sites excluding steroid dienone is 6. The Kier molecular flexibility index (Phi) is 3.46. The summed E-state index contributed by atoms with van der Waals surface area (Å²) in [5.74, 6) is 8.52. The van der Waals surface area contributed by atoms with Crippen LogP contribution in [0.3, 0.4) is 0 Å². The summed E-state index contributed by atoms with van der Waals surface area (Å²) in [4.78, 5) is 12.1. The van der Waals surface area contributed by atoms with Crippen molar-refractivity contribution in [3.05, 3.63) is 36.5 Å². The summed E-state index contributed by atoms with van der Waals surface area (Å²) >= 11 is 0. The second-order valence-corrected chi connectivity index (χ2v) is 10.7. The van der Waals surface area contributed by atoms with Gasteiger partial charge in [0.05, 0.1) is 12.5 Å². The second kappa shape index (κ2) is 5.61. The summed E-state index contributed by atoms with van der Waals surface area (Å²) in [6.07, 6.45) is 21.1. The molecular weight excluding hydrogens is 332 g/mol. The van der Waals surface area contributed by atoms with E-state index in [9.17, 15) is 4.79 Å². The summed E-state index contributed by atoms with van der Waals surface area (Å²) in [5, 5.41) is 0. The van der Waals surface area contributed by atoms with Crippen molar-refractivity contribution in [3.8, 4) is 0 Å². The van der Waals surface area contributed by atoms with Crippen molar-refractivity contribution >= 4 is 5.97 Å². The van der Waals surface area contributed by atoms with Crippen LogP contribution in [0.15, 0.2) is 36.5 Å². The Bertz CT molecular complexity index is 747. The molecule has 0 N–H and O–H groups in total. The normalized spacial score (nSPS) is 56.4. The second-order valence-electron chi connectivity index (χ2n) is 10.7. The van der Waals surface area contributed by atoms with Gasteiger partial charge < -0.3 is 4.74 Å². The molecule has 7 aliphatic rings. The van der Waals surface area contributed by atoms with Crippen LogP contribution in [0.1, 0.15) is 39.0 Å². The first-order chi connectivity index (χ1) is 13.1. The molecule has 7 rings (SSSR count). The molecule has 11 unspecified atom stereocenters. The third-order valence-electron chi connectivity index (χ3n) is 9.76. The van der Waals surface area contributed by atoms with E-state index >= 15 is 0 Å². The Morgan fingerprint density at radius 3 is 2.41 bits per heavy atom. The van der Waals surface area contributed by atoms with Gasteiger partial charge >= 0.3 is 5.97 Å². The molecule has 0 heterocycles. The first-order valence-corrected chi connectivity index (χ1v) is 11.2. The fourth-order valence-electron chi connectivity index (χ4n) is 8.81. The van der Waals surface area contributed by atoms with E-state index in [4.69, 9.17) is 4.74 Å². The molecule has 6 bridgehead atoms. The molecule has 27 heavy (non-hydrogen) atoms. The zero-order valence-corrected chi connectivity index (χ0v) is 16.6. The first kappa shape index (κ1) is 16.6. The number of hydrogen-bond donors (Lipinski definition) is 0. The highest BCUT2D eigenvalue weighted by Gasteiger charge is 2.66. The molecule has 7 aliphatic carbocycles. The van der Waals surface area contributed by atoms with Crippen LogP contribution in [-0.4, -0.2) is 13.1 Å². The van der Waals surface area contributed by atoms with Crippen LogP contribution < -0.4 is 0 Å². The number of carbonyl (C=O) groups excluding carboxylic acids is 1. The lowest BCUT2D eigenvalue weighted by molar-refractivity contribution is -0.157. The zero-order valence-electron chi connectivity index (χ0n) is 16.6. The van der Waals surface area contributed by atoms with Crippen molar-refractivity contribution in [1.82, 2.24) is 0 Å². The lowest BCUT2D eigenvalue weighted by atomic mass is 9.63. The van der Waals surface area contributed by atoms with Crippen LogP contribution in [-0.2, 0) is 9.53 Å². The minimum absolute atomic E-state index is 0.0372. The molecule has 11 atom stereocenters. The fourth-order valence-corrected chi connectivity index (χ4v) is 8.81. The molecule has 144 valence electrons. The molecule has 0 spiro atoms. The van der Waals surface area contributed by atoms with Crippen molar-refractivity contribution < 1.29 is 9.53 Å². The van der Waals surface area contributed by atoms with E-state index in [1.54, 1.807) is 0 Å². The van der Waals surface area contributed by atoms with Crippen LogP contribution in [0.25, 0.3) is 0 Å². The van der Waals surface area contributed by atoms with E-state index in [1.165, 1.54) is 32.8 Å². The molecule has 0 radical (unpaired) electrons. The van der Waals surface area contributed by atoms with Gasteiger partial charge in [-0.2, -0.15) is 0 Å². The maximum absolute atomic E-state index is 12.1. The molecule has 0 aromatic carbocycles. The number of rotatable bonds is 1. The average molecular weight is 365 g/mol. The highest BCUT2D eigenvalue weighted by molar-refractivity contribution is 5.77. The van der Waals surface area contributed by atoms with Crippen LogP contribution in [0.5, 0.6) is 0 Å². The molecule has 0 amide bonds. The third kappa shape index (κ3) is 2.11. The van der Waals surface area contributed by atoms with Gasteiger partial charge in [0.1, 0.15) is 0 Å². The van der Waals surface area contributed by atoms with E-state index in [-0.39, 0.29) is 11.4 Å². The van der Waals surface area contributed by atoms with Crippen molar-refractivity contribution in [2.45, 2.75) is 39.0 Å². The molecule has 2 heteroatoms. The van der Waals surface area contributed by atoms with Gasteiger partial charge in [-0.1, -0.05) is 36.5 Å². The highest BCUT2D eigenvalue weighted by Crippen LogP contribution is 2.70. The van der Waals surface area contributed by atoms with Crippen molar-refractivity contribution in [1.29, 1.82) is 0 Å². The third-order valence-corrected chi connectivity index (χ3v) is 9.76. The summed E-state index contributed by atoms with van der Waals surface area (Å²) in [7, 11) is 1.54. The van der Waals surface area contributed by atoms with Gasteiger partial charge in [-0.15, -0.1) is 0 Å². The summed E-state index contributed by atoms with van der Waals surface area (Å²) in [6, 6.07) is 0. The first-order valence-electron chi connectivity index (χ1n) is 11.2. The molecule has 2 nitrogen and oxygen atoms in total. The molecule has 0 aliphatic heterocycles. The zero-order chi connectivity index (χ0) is 18.3. The van der Waals surface area contributed by atoms with E-state index < -0.39 is 0 Å². The Morgan fingerprint density at radius 2 is 1.63 bits per heavy atom. The van der Waals surface area contributed by atoms with Gasteiger partial charge in [0.25, 0.3) is 0 Å². The minimum Gasteiger partial charge on any atom is -0.469 e. The van der Waals surface area contributed by atoms with Gasteiger partial charge in [-0.3, -0.25) is 4.79 Å². The molecule has 4 saturated carbocycles. The lowest BCUT2D eigenvalue weighted by Gasteiger charge is -2.41. The van der Waals surface area contributed by atoms with E-state index in [2.05, 4.69) is 43.4 Å². The van der Waals surface area contributed by atoms with E-state index in [0.717, 1.165) is 59.7 Å². The largest absolute Gasteiger partial charge is 0.469 e. The standard InChI is InChI=1S/C15H20O2.C10H12/c1-15(14(16)17-2)7-10-6-11(15)13-9-4-3-8(5-9)12(10)13;1-2-9-7-4-5-8(6-7)10(9)3-1/h3-4,8-13H,5-7H2,1-2H3;1-2,4-5,7-10H,3,6H2. The van der Waals surface area contributed by atoms with E-state index in [0.29, 0.717) is 5.92 Å². The van der Waals surface area contributed by atoms with Crippen molar-refractivity contribution in [2.24, 2.45) is 64.6 Å². The average Bonchev–Trinajstić information content (AvgIpc) is 3.48. The maximum Gasteiger partial charge on any atom is 0.311 e. The number of hydrogen-bond acceptors (Lipinski definition) is 2. The summed E-state index contributed by atoms with van der Waals surface area (Å²) in [6.45, 7) is 2.15. The van der Waals surface area contributed by atoms with Gasteiger partial charge in [-0.25, -0.2) is 0 Å². The Hall–Kier alpha value is -1.31. The lowest BCUT2D eigenvalue weighted by Crippen LogP contribution is -2.42. The van der Waals surface area contributed by atoms with Crippen molar-refractivity contribution in [3.63, 3.8) is 0 Å². The fraction of sp³-hybridized carbons (Fsp3) is 0.720. The molecule has 4 fully saturated rings. The van der Waals surface area contributed by atoms with Gasteiger partial charge in [0.2, 0.25) is 0 Å². The van der Waals surface area contributed by atoms with E-state index in [1.807, 2.05) is 0 Å². The summed E-state index contributed by atoms with van der Waals surface area (Å²) < 4.78 is 5.06. The summed E-state index contributed by atoms with van der Waals surface area (Å²) in [5.41, 5.74) is -0.182. The number of fused-ring (bicyclic) bond motifs is 14. The molecule has 0 saturated heterocycles. The molecule has 0 aromatic heterocycles. The number of esters is 1. The smallest absolute Gasteiger partial charge is 0.311 e. The van der Waals surface area contributed by atoms with Crippen LogP contribution in [0, 0.1) is 64.6 Å². The van der Waals surface area contributed by atoms with Crippen LogP contribution >= 0.6 is 0 Å². The Labute approximate surface area is 163 Å². The quantitative estimate of drug-likeness (QED) is 0.371. The number of ether oxygens (including phenoxy) is 1. The van der Waals surface area contributed by atoms with Crippen molar-refractivity contribution in [2.75, 3.05) is 7.11 Å². The maximum atomic E-state index is 12.1. The SMILES string of the molecule is C1=CC2C3C=CC(C3)C2C1.COC(=O)C1(C)CC2CC1C1C3C=CC(C3)C21. The molecular formula is C25H32O2. The van der Waals surface area contributed by atoms with Crippen LogP contribution in [0.4, 0.5) is 0 Å². The van der Waals surface area contributed by atoms with Crippen LogP contribution in [0.2, 0.25) is 0 Å². The number of methoxy groups -OCH3 is 1. The van der Waals surface area contributed by atoms with Gasteiger partial charge in [-0.05, 0) is 98.2 Å². The predicted molar refractivity (Wildman–Crippen MR) is 106 cm³/mol. The highest BCUT2D eigenvalue weighted by atomic mass is 16.5. The topological polar surface area (TPSA) is 26.3 Å². The Morgan fingerprint density at radius 1 is 0.926 bits per heavy atom. The monoisotopic (exact) mass is 364 g/mol. The molecule has 0 aromatic rings. The Balaban J connectivity index is 0.000000124. The van der Waals surface area contributed by atoms with Gasteiger partial charge in [0.15, 0.2) is 0 Å². The predicted octanol–water partition coefficient (Wildman–Crippen LogP) is 5.03. The minimum atomic E-state index is -0.182.